The van der Waals surface area contributed by atoms with E-state index < -0.39 is 5.97 Å². The summed E-state index contributed by atoms with van der Waals surface area (Å²) >= 11 is 0. The van der Waals surface area contributed by atoms with Gasteiger partial charge in [0, 0.05) is 13.1 Å². The first-order chi connectivity index (χ1) is 12.3. The van der Waals surface area contributed by atoms with Gasteiger partial charge < -0.3 is 15.0 Å². The lowest BCUT2D eigenvalue weighted by atomic mass is 10.1. The highest BCUT2D eigenvalue weighted by molar-refractivity contribution is 5.77. The van der Waals surface area contributed by atoms with Crippen LogP contribution in [-0.4, -0.2) is 52.6 Å². The van der Waals surface area contributed by atoms with Crippen LogP contribution >= 0.6 is 0 Å². The van der Waals surface area contributed by atoms with Crippen LogP contribution in [0.5, 0.6) is 0 Å². The van der Waals surface area contributed by atoms with Gasteiger partial charge in [0.05, 0.1) is 17.9 Å². The van der Waals surface area contributed by atoms with Gasteiger partial charge >= 0.3 is 5.97 Å². The van der Waals surface area contributed by atoms with E-state index in [1.54, 1.807) is 11.9 Å². The summed E-state index contributed by atoms with van der Waals surface area (Å²) in [7, 11) is 1.74. The van der Waals surface area contributed by atoms with Crippen molar-refractivity contribution in [3.63, 3.8) is 0 Å². The molecule has 136 valence electrons. The Morgan fingerprint density at radius 1 is 1.35 bits per heavy atom. The number of aryl methyl sites for hydroxylation is 2. The van der Waals surface area contributed by atoms with Crippen molar-refractivity contribution in [3.8, 4) is 0 Å². The third kappa shape index (κ3) is 3.36. The second-order valence-corrected chi connectivity index (χ2v) is 6.50. The number of carbonyl (C=O) groups is 1. The number of benzene rings is 1. The van der Waals surface area contributed by atoms with E-state index in [0.717, 1.165) is 16.8 Å². The van der Waals surface area contributed by atoms with Gasteiger partial charge in [0.1, 0.15) is 5.48 Å². The average molecular weight is 355 g/mol. The molecule has 26 heavy (non-hydrogen) atoms. The summed E-state index contributed by atoms with van der Waals surface area (Å²) in [6.45, 7) is 8.62. The molecular formula is C18H21N5O3. The van der Waals surface area contributed by atoms with Gasteiger partial charge in [0.25, 0.3) is 5.56 Å². The minimum absolute atomic E-state index is 0.0613. The first-order valence-corrected chi connectivity index (χ1v) is 8.23. The van der Waals surface area contributed by atoms with Crippen molar-refractivity contribution in [1.29, 1.82) is 0 Å². The first kappa shape index (κ1) is 17.8. The molecule has 0 atom stereocenters. The molecule has 2 heterocycles. The van der Waals surface area contributed by atoms with Gasteiger partial charge in [-0.25, -0.2) is 9.98 Å². The lowest BCUT2D eigenvalue weighted by Crippen LogP contribution is -2.44. The van der Waals surface area contributed by atoms with E-state index in [2.05, 4.69) is 21.5 Å². The van der Waals surface area contributed by atoms with Crippen LogP contribution in [0.1, 0.15) is 11.1 Å². The molecule has 0 amide bonds. The Morgan fingerprint density at radius 2 is 2.04 bits per heavy atom. The molecule has 1 aromatic carbocycles. The van der Waals surface area contributed by atoms with E-state index in [0.29, 0.717) is 24.6 Å². The van der Waals surface area contributed by atoms with Crippen LogP contribution in [0.25, 0.3) is 6.58 Å². The highest BCUT2D eigenvalue weighted by Gasteiger charge is 2.23. The Kier molecular flexibility index (Phi) is 4.60. The van der Waals surface area contributed by atoms with Gasteiger partial charge in [-0.3, -0.25) is 14.5 Å². The minimum atomic E-state index is -0.886. The summed E-state index contributed by atoms with van der Waals surface area (Å²) in [5.74, 6) is -0.443. The van der Waals surface area contributed by atoms with Crippen LogP contribution < -0.4 is 21.3 Å². The number of carboxylic acids is 1. The number of anilines is 2. The molecule has 0 fully saturated rings. The molecule has 8 nitrogen and oxygen atoms in total. The van der Waals surface area contributed by atoms with Crippen molar-refractivity contribution >= 4 is 29.7 Å². The summed E-state index contributed by atoms with van der Waals surface area (Å²) in [5, 5.41) is 9.18. The van der Waals surface area contributed by atoms with Crippen molar-refractivity contribution in [2.75, 3.05) is 31.6 Å². The Morgan fingerprint density at radius 3 is 2.73 bits per heavy atom. The van der Waals surface area contributed by atoms with Gasteiger partial charge in [-0.1, -0.05) is 6.58 Å². The number of aliphatic carboxylic acids is 1. The van der Waals surface area contributed by atoms with E-state index in [1.807, 2.05) is 30.9 Å². The zero-order valence-corrected chi connectivity index (χ0v) is 15.0. The molecule has 0 spiro atoms. The van der Waals surface area contributed by atoms with Crippen LogP contribution in [0.2, 0.25) is 0 Å². The van der Waals surface area contributed by atoms with E-state index in [9.17, 15) is 9.59 Å². The predicted octanol–water partition coefficient (Wildman–Crippen LogP) is 0.216. The Balaban J connectivity index is 2.10. The average Bonchev–Trinajstić information content (AvgIpc) is 2.53. The van der Waals surface area contributed by atoms with E-state index in [-0.39, 0.29) is 22.9 Å². The largest absolute Gasteiger partial charge is 0.480 e. The first-order valence-electron chi connectivity index (χ1n) is 8.23. The topological polar surface area (TPSA) is 102 Å². The van der Waals surface area contributed by atoms with E-state index in [4.69, 9.17) is 5.11 Å². The molecule has 1 aliphatic heterocycles. The van der Waals surface area contributed by atoms with Gasteiger partial charge in [-0.15, -0.1) is 0 Å². The minimum Gasteiger partial charge on any atom is -0.480 e. The summed E-state index contributed by atoms with van der Waals surface area (Å²) in [6.07, 6.45) is 0. The highest BCUT2D eigenvalue weighted by Crippen LogP contribution is 2.36. The maximum Gasteiger partial charge on any atom is 0.317 e. The number of H-pyrrole nitrogens is 1. The number of hydrogen-bond acceptors (Lipinski definition) is 6. The molecule has 0 unspecified atom stereocenters. The number of rotatable bonds is 5. The van der Waals surface area contributed by atoms with Crippen molar-refractivity contribution in [2.45, 2.75) is 13.8 Å². The van der Waals surface area contributed by atoms with Crippen LogP contribution in [0.15, 0.2) is 21.9 Å². The molecule has 1 aromatic heterocycles. The van der Waals surface area contributed by atoms with Crippen molar-refractivity contribution in [3.05, 3.63) is 44.5 Å². The quantitative estimate of drug-likeness (QED) is 0.795. The standard InChI is InChI=1S/C18H21N5O3/c1-10-7-13-14(8-11(10)2)23(6-5-22(4)9-15(24)25)17-16(21-13)18(26)20-12(3)19-17/h7-8H,3,5-6,9H2,1-2,4H3,(H,20,26)(H,24,25). The van der Waals surface area contributed by atoms with Crippen LogP contribution in [0, 0.1) is 13.8 Å². The summed E-state index contributed by atoms with van der Waals surface area (Å²) < 4.78 is 0. The molecule has 0 saturated carbocycles. The summed E-state index contributed by atoms with van der Waals surface area (Å²) in [6, 6.07) is 3.96. The highest BCUT2D eigenvalue weighted by atomic mass is 16.4. The number of nitrogens with zero attached hydrogens (tertiary/aromatic N) is 4. The van der Waals surface area contributed by atoms with Crippen LogP contribution in [0.3, 0.4) is 0 Å². The Labute approximate surface area is 150 Å². The van der Waals surface area contributed by atoms with Gasteiger partial charge in [-0.05, 0) is 44.2 Å². The molecule has 3 rings (SSSR count). The Bertz CT molecular complexity index is 1040. The Hall–Kier alpha value is -3.00. The van der Waals surface area contributed by atoms with Gasteiger partial charge in [0.2, 0.25) is 0 Å². The third-order valence-corrected chi connectivity index (χ3v) is 4.41. The number of nitrogens with one attached hydrogen (secondary N) is 1. The fraction of sp³-hybridized carbons (Fsp3) is 0.333. The molecule has 0 bridgehead atoms. The molecular weight excluding hydrogens is 334 g/mol. The number of hydrogen-bond donors (Lipinski definition) is 2. The predicted molar refractivity (Wildman–Crippen MR) is 98.9 cm³/mol. The number of aromatic nitrogens is 2. The lowest BCUT2D eigenvalue weighted by Gasteiger charge is -2.30. The molecule has 1 aliphatic rings. The number of aromatic amines is 1. The van der Waals surface area contributed by atoms with Crippen molar-refractivity contribution in [2.24, 2.45) is 4.99 Å². The third-order valence-electron chi connectivity index (χ3n) is 4.41. The van der Waals surface area contributed by atoms with Crippen molar-refractivity contribution in [1.82, 2.24) is 14.9 Å². The van der Waals surface area contributed by atoms with Gasteiger partial charge in [-0.2, -0.15) is 0 Å². The summed E-state index contributed by atoms with van der Waals surface area (Å²) in [5.41, 5.74) is 3.66. The molecule has 0 radical (unpaired) electrons. The SMILES string of the molecule is C=c1nc2c(c(=O)[nH]1)=Nc1cc(C)c(C)cc1N2CCN(C)CC(=O)O. The van der Waals surface area contributed by atoms with E-state index in [1.165, 1.54) is 0 Å². The molecule has 8 heteroatoms. The summed E-state index contributed by atoms with van der Waals surface area (Å²) in [4.78, 5) is 38.3. The van der Waals surface area contributed by atoms with Gasteiger partial charge in [0.15, 0.2) is 11.2 Å². The smallest absolute Gasteiger partial charge is 0.317 e. The van der Waals surface area contributed by atoms with E-state index >= 15 is 0 Å². The number of fused-ring (bicyclic) bond motifs is 2. The van der Waals surface area contributed by atoms with Crippen LogP contribution in [0.4, 0.5) is 17.2 Å². The second kappa shape index (κ2) is 6.72. The molecule has 2 aromatic rings. The molecule has 0 aliphatic carbocycles. The zero-order chi connectivity index (χ0) is 19.0. The molecule has 0 saturated heterocycles. The normalized spacial score (nSPS) is 12.5. The second-order valence-electron chi connectivity index (χ2n) is 6.50. The number of carboxylic acid groups (broad SMARTS) is 1. The fourth-order valence-electron chi connectivity index (χ4n) is 2.92. The monoisotopic (exact) mass is 355 g/mol. The number of likely N-dealkylation sites (N-methyl/N-ethyl adjacent to an activating group) is 1. The van der Waals surface area contributed by atoms with Crippen molar-refractivity contribution < 1.29 is 9.90 Å². The maximum atomic E-state index is 12.3. The maximum absolute atomic E-state index is 12.3. The lowest BCUT2D eigenvalue weighted by molar-refractivity contribution is -0.137. The van der Waals surface area contributed by atoms with Crippen LogP contribution in [-0.2, 0) is 4.79 Å². The zero-order valence-electron chi connectivity index (χ0n) is 15.0. The fourth-order valence-corrected chi connectivity index (χ4v) is 2.92. The molecule has 2 N–H and O–H groups in total.